The molecule has 7 nitrogen and oxygen atoms in total. The predicted octanol–water partition coefficient (Wildman–Crippen LogP) is 3.60. The van der Waals surface area contributed by atoms with Crippen LogP contribution in [0.3, 0.4) is 0 Å². The van der Waals surface area contributed by atoms with Gasteiger partial charge >= 0.3 is 11.9 Å². The van der Waals surface area contributed by atoms with Gasteiger partial charge in [0, 0.05) is 19.3 Å². The summed E-state index contributed by atoms with van der Waals surface area (Å²) < 4.78 is 68.5. The molecule has 29 heavy (non-hydrogen) atoms. The van der Waals surface area contributed by atoms with Gasteiger partial charge in [-0.05, 0) is 29.8 Å². The minimum Gasteiger partial charge on any atom is -0.370 e. The lowest BCUT2D eigenvalue weighted by molar-refractivity contribution is -0.387. The Morgan fingerprint density at radius 2 is 1.90 bits per heavy atom. The molecule has 0 radical (unpaired) electrons. The summed E-state index contributed by atoms with van der Waals surface area (Å²) in [6.45, 7) is 0.375. The molecule has 1 aliphatic heterocycles. The van der Waals surface area contributed by atoms with Crippen LogP contribution in [0.4, 0.5) is 24.5 Å². The Hall–Kier alpha value is -2.66. The number of sulfone groups is 1. The van der Waals surface area contributed by atoms with Crippen LogP contribution in [0.2, 0.25) is 0 Å². The fourth-order valence-corrected chi connectivity index (χ4v) is 4.09. The minimum atomic E-state index is -4.51. The van der Waals surface area contributed by atoms with Gasteiger partial charge in [-0.3, -0.25) is 10.1 Å². The molecule has 3 rings (SSSR count). The molecular weight excluding hydrogens is 413 g/mol. The first kappa shape index (κ1) is 21.1. The van der Waals surface area contributed by atoms with Crippen LogP contribution in [0.15, 0.2) is 47.4 Å². The molecular formula is C18H17F3N2O5S. The van der Waals surface area contributed by atoms with Crippen molar-refractivity contribution in [3.63, 3.8) is 0 Å². The smallest absolute Gasteiger partial charge is 0.370 e. The molecule has 1 atom stereocenters. The van der Waals surface area contributed by atoms with Crippen LogP contribution in [0.1, 0.15) is 17.2 Å². The molecule has 1 heterocycles. The standard InChI is InChI=1S/C18H17F3N2O5S/c1-29(26,27)16-7-3-6-14(17(16)23(24)25)22-8-9-28-15(11-22)12-4-2-5-13(10-12)18(19,20)21/h2-7,10,15H,8-9,11H2,1H3. The summed E-state index contributed by atoms with van der Waals surface area (Å²) in [7, 11) is -3.85. The van der Waals surface area contributed by atoms with Gasteiger partial charge in [0.2, 0.25) is 0 Å². The summed E-state index contributed by atoms with van der Waals surface area (Å²) >= 11 is 0. The maximum absolute atomic E-state index is 13.0. The van der Waals surface area contributed by atoms with E-state index in [0.717, 1.165) is 24.5 Å². The van der Waals surface area contributed by atoms with E-state index in [0.29, 0.717) is 0 Å². The average molecular weight is 430 g/mol. The van der Waals surface area contributed by atoms with Crippen LogP contribution in [-0.2, 0) is 20.8 Å². The molecule has 0 aliphatic carbocycles. The van der Waals surface area contributed by atoms with Crippen LogP contribution in [0.5, 0.6) is 0 Å². The van der Waals surface area contributed by atoms with E-state index >= 15 is 0 Å². The van der Waals surface area contributed by atoms with Gasteiger partial charge in [-0.1, -0.05) is 18.2 Å². The highest BCUT2D eigenvalue weighted by atomic mass is 32.2. The van der Waals surface area contributed by atoms with Gasteiger partial charge < -0.3 is 9.64 Å². The quantitative estimate of drug-likeness (QED) is 0.544. The number of anilines is 1. The van der Waals surface area contributed by atoms with E-state index in [1.54, 1.807) is 4.90 Å². The van der Waals surface area contributed by atoms with Crippen molar-refractivity contribution >= 4 is 21.2 Å². The fourth-order valence-electron chi connectivity index (χ4n) is 3.23. The maximum Gasteiger partial charge on any atom is 0.416 e. The molecule has 1 fully saturated rings. The van der Waals surface area contributed by atoms with Crippen molar-refractivity contribution in [1.29, 1.82) is 0 Å². The third-order valence-electron chi connectivity index (χ3n) is 4.55. The van der Waals surface area contributed by atoms with Gasteiger partial charge in [0.15, 0.2) is 9.84 Å². The topological polar surface area (TPSA) is 89.8 Å². The van der Waals surface area contributed by atoms with Crippen molar-refractivity contribution in [2.24, 2.45) is 0 Å². The highest BCUT2D eigenvalue weighted by Crippen LogP contribution is 2.38. The van der Waals surface area contributed by atoms with Gasteiger partial charge in [-0.25, -0.2) is 8.42 Å². The van der Waals surface area contributed by atoms with E-state index in [9.17, 15) is 31.7 Å². The summed E-state index contributed by atoms with van der Waals surface area (Å²) in [5.74, 6) is 0. The SMILES string of the molecule is CS(=O)(=O)c1cccc(N2CCOC(c3cccc(C(F)(F)F)c3)C2)c1[N+](=O)[O-]. The highest BCUT2D eigenvalue weighted by molar-refractivity contribution is 7.90. The molecule has 0 aromatic heterocycles. The highest BCUT2D eigenvalue weighted by Gasteiger charge is 2.34. The molecule has 11 heteroatoms. The summed E-state index contributed by atoms with van der Waals surface area (Å²) in [5, 5.41) is 11.6. The van der Waals surface area contributed by atoms with Crippen LogP contribution < -0.4 is 4.90 Å². The first-order valence-corrected chi connectivity index (χ1v) is 10.4. The molecule has 2 aromatic carbocycles. The van der Waals surface area contributed by atoms with Gasteiger partial charge in [-0.2, -0.15) is 13.2 Å². The Bertz CT molecular complexity index is 1040. The Morgan fingerprint density at radius 1 is 1.21 bits per heavy atom. The van der Waals surface area contributed by atoms with Crippen LogP contribution in [0, 0.1) is 10.1 Å². The molecule has 156 valence electrons. The second kappa shape index (κ2) is 7.64. The van der Waals surface area contributed by atoms with Crippen LogP contribution >= 0.6 is 0 Å². The molecule has 1 saturated heterocycles. The number of nitrogens with zero attached hydrogens (tertiary/aromatic N) is 2. The lowest BCUT2D eigenvalue weighted by Gasteiger charge is -2.34. The van der Waals surface area contributed by atoms with Crippen molar-refractivity contribution in [2.75, 3.05) is 30.9 Å². The first-order chi connectivity index (χ1) is 13.5. The van der Waals surface area contributed by atoms with Crippen molar-refractivity contribution in [1.82, 2.24) is 0 Å². The van der Waals surface area contributed by atoms with Gasteiger partial charge in [-0.15, -0.1) is 0 Å². The normalized spacial score (nSPS) is 17.9. The lowest BCUT2D eigenvalue weighted by Crippen LogP contribution is -2.38. The second-order valence-electron chi connectivity index (χ2n) is 6.58. The zero-order valence-electron chi connectivity index (χ0n) is 15.2. The summed E-state index contributed by atoms with van der Waals surface area (Å²) in [5.41, 5.74) is -1.01. The fraction of sp³-hybridized carbons (Fsp3) is 0.333. The monoisotopic (exact) mass is 430 g/mol. The Balaban J connectivity index is 1.98. The molecule has 1 aliphatic rings. The number of halogens is 3. The second-order valence-corrected chi connectivity index (χ2v) is 8.57. The number of rotatable bonds is 4. The van der Waals surface area contributed by atoms with E-state index in [4.69, 9.17) is 4.74 Å². The summed E-state index contributed by atoms with van der Waals surface area (Å²) in [4.78, 5) is 12.0. The molecule has 0 spiro atoms. The lowest BCUT2D eigenvalue weighted by atomic mass is 10.0. The largest absolute Gasteiger partial charge is 0.416 e. The zero-order valence-corrected chi connectivity index (χ0v) is 16.0. The van der Waals surface area contributed by atoms with E-state index in [2.05, 4.69) is 0 Å². The molecule has 0 bridgehead atoms. The van der Waals surface area contributed by atoms with Gasteiger partial charge in [0.1, 0.15) is 16.7 Å². The number of alkyl halides is 3. The van der Waals surface area contributed by atoms with E-state index in [1.165, 1.54) is 24.3 Å². The van der Waals surface area contributed by atoms with Gasteiger partial charge in [0.25, 0.3) is 0 Å². The number of benzene rings is 2. The number of nitro groups is 1. The van der Waals surface area contributed by atoms with E-state index in [-0.39, 0.29) is 30.9 Å². The minimum absolute atomic E-state index is 0.0371. The summed E-state index contributed by atoms with van der Waals surface area (Å²) in [6.07, 6.45) is -4.39. The maximum atomic E-state index is 13.0. The number of ether oxygens (including phenoxy) is 1. The average Bonchev–Trinajstić information content (AvgIpc) is 2.66. The Morgan fingerprint density at radius 3 is 2.52 bits per heavy atom. The molecule has 1 unspecified atom stereocenters. The zero-order chi connectivity index (χ0) is 21.4. The van der Waals surface area contributed by atoms with Crippen LogP contribution in [0.25, 0.3) is 0 Å². The van der Waals surface area contributed by atoms with E-state index < -0.39 is 43.2 Å². The number of hydrogen-bond donors (Lipinski definition) is 0. The third kappa shape index (κ3) is 4.51. The molecule has 0 saturated carbocycles. The number of hydrogen-bond acceptors (Lipinski definition) is 6. The molecule has 2 aromatic rings. The van der Waals surface area contributed by atoms with Crippen molar-refractivity contribution in [3.8, 4) is 0 Å². The number of para-hydroxylation sites is 1. The summed E-state index contributed by atoms with van der Waals surface area (Å²) in [6, 6.07) is 8.66. The predicted molar refractivity (Wildman–Crippen MR) is 98.6 cm³/mol. The Labute approximate surface area is 164 Å². The van der Waals surface area contributed by atoms with E-state index in [1.807, 2.05) is 0 Å². The third-order valence-corrected chi connectivity index (χ3v) is 5.68. The van der Waals surface area contributed by atoms with Gasteiger partial charge in [0.05, 0.1) is 17.1 Å². The van der Waals surface area contributed by atoms with Crippen molar-refractivity contribution < 1.29 is 31.2 Å². The molecule has 0 amide bonds. The Kier molecular flexibility index (Phi) is 5.54. The van der Waals surface area contributed by atoms with Crippen LogP contribution in [-0.4, -0.2) is 39.3 Å². The first-order valence-electron chi connectivity index (χ1n) is 8.49. The molecule has 0 N–H and O–H groups in total. The number of nitro benzene ring substituents is 1. The van der Waals surface area contributed by atoms with Crippen molar-refractivity contribution in [2.45, 2.75) is 17.2 Å². The van der Waals surface area contributed by atoms with Crippen molar-refractivity contribution in [3.05, 3.63) is 63.7 Å². The number of morpholine rings is 1.